The molecule has 1 aromatic heterocycles. The second kappa shape index (κ2) is 13.8. The van der Waals surface area contributed by atoms with E-state index in [0.717, 1.165) is 17.1 Å². The van der Waals surface area contributed by atoms with Crippen molar-refractivity contribution in [1.82, 2.24) is 4.57 Å². The van der Waals surface area contributed by atoms with E-state index in [0.29, 0.717) is 0 Å². The standard InChI is InChI=1S/C62H44N2/c1-61(2)56-38-46(30-33-50(56)51-34-32-48(39-57(51)61)64-59-29-17-15-27-53(59)54-36-41-18-12-13-19-42(41)37-60(54)64)63(45-24-10-5-11-25-45)47-31-35-52-49-26-14-16-28-55(49)62(58(52)40-47,43-20-6-3-7-21-43)44-22-8-4-9-23-44/h3-40H,1-2H3. The fourth-order valence-electron chi connectivity index (χ4n) is 11.5. The first-order chi connectivity index (χ1) is 31.5. The van der Waals surface area contributed by atoms with E-state index in [2.05, 4.69) is 254 Å². The molecule has 302 valence electrons. The minimum Gasteiger partial charge on any atom is -0.310 e. The van der Waals surface area contributed by atoms with Crippen molar-refractivity contribution in [2.45, 2.75) is 24.7 Å². The van der Waals surface area contributed by atoms with Gasteiger partial charge in [0, 0.05) is 38.9 Å². The summed E-state index contributed by atoms with van der Waals surface area (Å²) in [5.41, 5.74) is 19.3. The van der Waals surface area contributed by atoms with Gasteiger partial charge in [-0.3, -0.25) is 0 Å². The summed E-state index contributed by atoms with van der Waals surface area (Å²) < 4.78 is 2.47. The first-order valence-corrected chi connectivity index (χ1v) is 22.4. The minimum absolute atomic E-state index is 0.250. The molecule has 0 fully saturated rings. The van der Waals surface area contributed by atoms with Gasteiger partial charge < -0.3 is 9.47 Å². The van der Waals surface area contributed by atoms with Gasteiger partial charge in [0.25, 0.3) is 0 Å². The van der Waals surface area contributed by atoms with Crippen molar-refractivity contribution < 1.29 is 0 Å². The number of hydrogen-bond donors (Lipinski definition) is 0. The maximum atomic E-state index is 2.47. The number of nitrogens with zero attached hydrogens (tertiary/aromatic N) is 2. The summed E-state index contributed by atoms with van der Waals surface area (Å²) in [6.07, 6.45) is 0. The third-order valence-corrected chi connectivity index (χ3v) is 14.4. The van der Waals surface area contributed by atoms with Crippen molar-refractivity contribution in [2.75, 3.05) is 4.90 Å². The van der Waals surface area contributed by atoms with Crippen LogP contribution in [-0.2, 0) is 10.8 Å². The second-order valence-corrected chi connectivity index (χ2v) is 18.1. The highest BCUT2D eigenvalue weighted by Crippen LogP contribution is 2.58. The van der Waals surface area contributed by atoms with Gasteiger partial charge in [-0.15, -0.1) is 0 Å². The van der Waals surface area contributed by atoms with Crippen molar-refractivity contribution in [3.05, 3.63) is 264 Å². The quantitative estimate of drug-likeness (QED) is 0.162. The number of hydrogen-bond acceptors (Lipinski definition) is 1. The normalized spacial score (nSPS) is 14.0. The van der Waals surface area contributed by atoms with Crippen molar-refractivity contribution in [2.24, 2.45) is 0 Å². The highest BCUT2D eigenvalue weighted by Gasteiger charge is 2.46. The summed E-state index contributed by atoms with van der Waals surface area (Å²) in [5.74, 6) is 0. The molecule has 2 aliphatic carbocycles. The summed E-state index contributed by atoms with van der Waals surface area (Å²) >= 11 is 0. The van der Waals surface area contributed by atoms with Crippen LogP contribution in [0.25, 0.3) is 60.5 Å². The zero-order chi connectivity index (χ0) is 42.6. The van der Waals surface area contributed by atoms with Crippen LogP contribution in [0.1, 0.15) is 47.2 Å². The molecule has 0 bridgehead atoms. The lowest BCUT2D eigenvalue weighted by Gasteiger charge is -2.35. The van der Waals surface area contributed by atoms with Crippen molar-refractivity contribution in [3.8, 4) is 27.9 Å². The Kier molecular flexibility index (Phi) is 7.90. The van der Waals surface area contributed by atoms with Crippen LogP contribution in [-0.4, -0.2) is 4.57 Å². The third kappa shape index (κ3) is 5.14. The molecule has 2 heteroatoms. The third-order valence-electron chi connectivity index (χ3n) is 14.4. The fraction of sp³-hybridized carbons (Fsp3) is 0.0645. The van der Waals surface area contributed by atoms with Crippen LogP contribution in [0, 0.1) is 0 Å². The molecule has 0 atom stereocenters. The van der Waals surface area contributed by atoms with Crippen molar-refractivity contribution in [3.63, 3.8) is 0 Å². The van der Waals surface area contributed by atoms with E-state index in [9.17, 15) is 0 Å². The van der Waals surface area contributed by atoms with Crippen LogP contribution in [0.5, 0.6) is 0 Å². The number of benzene rings is 10. The van der Waals surface area contributed by atoms with Crippen LogP contribution >= 0.6 is 0 Å². The molecule has 1 heterocycles. The van der Waals surface area contributed by atoms with Gasteiger partial charge in [0.15, 0.2) is 0 Å². The molecule has 0 amide bonds. The predicted molar refractivity (Wildman–Crippen MR) is 268 cm³/mol. The molecule has 0 radical (unpaired) electrons. The van der Waals surface area contributed by atoms with Gasteiger partial charge in [-0.2, -0.15) is 0 Å². The summed E-state index contributed by atoms with van der Waals surface area (Å²) in [6.45, 7) is 4.80. The predicted octanol–water partition coefficient (Wildman–Crippen LogP) is 16.1. The fourth-order valence-corrected chi connectivity index (χ4v) is 11.5. The maximum absolute atomic E-state index is 2.47. The molecule has 10 aromatic carbocycles. The van der Waals surface area contributed by atoms with E-state index < -0.39 is 5.41 Å². The van der Waals surface area contributed by atoms with E-state index in [1.54, 1.807) is 0 Å². The number of anilines is 3. The van der Waals surface area contributed by atoms with E-state index >= 15 is 0 Å². The van der Waals surface area contributed by atoms with Crippen LogP contribution in [0.2, 0.25) is 0 Å². The molecule has 13 rings (SSSR count). The number of fused-ring (bicyclic) bond motifs is 10. The SMILES string of the molecule is CC1(C)c2cc(N(c3ccccc3)c3ccc4c(c3)C(c3ccccc3)(c3ccccc3)c3ccccc3-4)ccc2-c2ccc(-n3c4ccccc4c4cc5ccccc5cc43)cc21. The van der Waals surface area contributed by atoms with Gasteiger partial charge in [-0.25, -0.2) is 0 Å². The lowest BCUT2D eigenvalue weighted by atomic mass is 9.67. The monoisotopic (exact) mass is 816 g/mol. The number of aromatic nitrogens is 1. The van der Waals surface area contributed by atoms with Gasteiger partial charge in [-0.1, -0.05) is 178 Å². The van der Waals surface area contributed by atoms with Crippen LogP contribution in [0.4, 0.5) is 17.1 Å². The van der Waals surface area contributed by atoms with Gasteiger partial charge in [0.05, 0.1) is 16.4 Å². The average molecular weight is 817 g/mol. The molecule has 2 nitrogen and oxygen atoms in total. The molecule has 11 aromatic rings. The van der Waals surface area contributed by atoms with Gasteiger partial charge in [0.2, 0.25) is 0 Å². The molecule has 0 spiro atoms. The Bertz CT molecular complexity index is 3600. The summed E-state index contributed by atoms with van der Waals surface area (Å²) in [4.78, 5) is 2.46. The van der Waals surface area contributed by atoms with E-state index in [1.807, 2.05) is 0 Å². The highest BCUT2D eigenvalue weighted by molar-refractivity contribution is 6.13. The van der Waals surface area contributed by atoms with Crippen LogP contribution < -0.4 is 4.90 Å². The Morgan fingerprint density at radius 1 is 0.344 bits per heavy atom. The average Bonchev–Trinajstić information content (AvgIpc) is 3.92. The first kappa shape index (κ1) is 36.7. The van der Waals surface area contributed by atoms with Crippen molar-refractivity contribution >= 4 is 49.6 Å². The molecule has 0 saturated carbocycles. The first-order valence-electron chi connectivity index (χ1n) is 22.4. The lowest BCUT2D eigenvalue weighted by Crippen LogP contribution is -2.28. The number of para-hydroxylation sites is 2. The Balaban J connectivity index is 0.972. The maximum Gasteiger partial charge on any atom is 0.0714 e. The Labute approximate surface area is 374 Å². The summed E-state index contributed by atoms with van der Waals surface area (Å²) in [6, 6.07) is 85.8. The Morgan fingerprint density at radius 2 is 0.859 bits per heavy atom. The second-order valence-electron chi connectivity index (χ2n) is 18.1. The van der Waals surface area contributed by atoms with E-state index in [4.69, 9.17) is 0 Å². The lowest BCUT2D eigenvalue weighted by molar-refractivity contribution is 0.660. The molecule has 0 unspecified atom stereocenters. The van der Waals surface area contributed by atoms with Gasteiger partial charge in [-0.05, 0) is 133 Å². The summed E-state index contributed by atoms with van der Waals surface area (Å²) in [5, 5.41) is 5.07. The minimum atomic E-state index is -0.491. The molecule has 2 aliphatic rings. The largest absolute Gasteiger partial charge is 0.310 e. The highest BCUT2D eigenvalue weighted by atomic mass is 15.1. The Hall–Kier alpha value is -7.94. The molecule has 64 heavy (non-hydrogen) atoms. The van der Waals surface area contributed by atoms with Crippen molar-refractivity contribution in [1.29, 1.82) is 0 Å². The Morgan fingerprint density at radius 3 is 1.56 bits per heavy atom. The molecule has 0 saturated heterocycles. The zero-order valence-corrected chi connectivity index (χ0v) is 35.8. The van der Waals surface area contributed by atoms with Crippen LogP contribution in [0.15, 0.2) is 231 Å². The van der Waals surface area contributed by atoms with E-state index in [1.165, 1.54) is 93.9 Å². The molecular weight excluding hydrogens is 773 g/mol. The van der Waals surface area contributed by atoms with Crippen LogP contribution in [0.3, 0.4) is 0 Å². The van der Waals surface area contributed by atoms with E-state index in [-0.39, 0.29) is 5.41 Å². The molecular formula is C62H44N2. The van der Waals surface area contributed by atoms with Gasteiger partial charge >= 0.3 is 0 Å². The summed E-state index contributed by atoms with van der Waals surface area (Å²) in [7, 11) is 0. The molecule has 0 aliphatic heterocycles. The van der Waals surface area contributed by atoms with Gasteiger partial charge in [0.1, 0.15) is 0 Å². The smallest absolute Gasteiger partial charge is 0.0714 e. The zero-order valence-electron chi connectivity index (χ0n) is 35.8. The topological polar surface area (TPSA) is 8.17 Å². The molecule has 0 N–H and O–H groups in total. The number of rotatable bonds is 6.